The van der Waals surface area contributed by atoms with E-state index in [0.29, 0.717) is 37.5 Å². The summed E-state index contributed by atoms with van der Waals surface area (Å²) in [7, 11) is 5.48. The first kappa shape index (κ1) is 33.8. The van der Waals surface area contributed by atoms with E-state index in [4.69, 9.17) is 5.73 Å². The lowest BCUT2D eigenvalue weighted by molar-refractivity contribution is -0.142. The van der Waals surface area contributed by atoms with Crippen LogP contribution in [0.1, 0.15) is 46.3 Å². The molecule has 47 heavy (non-hydrogen) atoms. The van der Waals surface area contributed by atoms with E-state index in [2.05, 4.69) is 23.3 Å². The van der Waals surface area contributed by atoms with Crippen LogP contribution in [0.2, 0.25) is 0 Å². The van der Waals surface area contributed by atoms with Gasteiger partial charge in [0.15, 0.2) is 0 Å². The summed E-state index contributed by atoms with van der Waals surface area (Å²) >= 11 is 0. The molecular formula is C39H47N5O3. The zero-order valence-electron chi connectivity index (χ0n) is 27.8. The van der Waals surface area contributed by atoms with Gasteiger partial charge in [-0.3, -0.25) is 14.4 Å². The number of benzene rings is 4. The molecule has 246 valence electrons. The highest BCUT2D eigenvalue weighted by Crippen LogP contribution is 2.22. The smallest absolute Gasteiger partial charge is 0.254 e. The Morgan fingerprint density at radius 1 is 0.809 bits per heavy atom. The number of hydrogen-bond donors (Lipinski definition) is 2. The lowest BCUT2D eigenvalue weighted by atomic mass is 9.98. The molecule has 8 heteroatoms. The number of amides is 3. The third-order valence-electron chi connectivity index (χ3n) is 9.56. The minimum absolute atomic E-state index is 0.195. The predicted octanol–water partition coefficient (Wildman–Crippen LogP) is 4.65. The van der Waals surface area contributed by atoms with Crippen molar-refractivity contribution in [2.24, 2.45) is 5.73 Å². The Morgan fingerprint density at radius 2 is 1.51 bits per heavy atom. The van der Waals surface area contributed by atoms with Crippen LogP contribution in [0, 0.1) is 0 Å². The van der Waals surface area contributed by atoms with Crippen molar-refractivity contribution < 1.29 is 14.4 Å². The maximum absolute atomic E-state index is 14.6. The van der Waals surface area contributed by atoms with Gasteiger partial charge in [0.1, 0.15) is 12.1 Å². The third-order valence-corrected chi connectivity index (χ3v) is 9.56. The molecule has 3 atom stereocenters. The van der Waals surface area contributed by atoms with E-state index in [9.17, 15) is 14.4 Å². The average molecular weight is 634 g/mol. The van der Waals surface area contributed by atoms with Gasteiger partial charge < -0.3 is 25.8 Å². The molecule has 0 radical (unpaired) electrons. The summed E-state index contributed by atoms with van der Waals surface area (Å²) in [6, 6.07) is 30.0. The van der Waals surface area contributed by atoms with Gasteiger partial charge in [-0.05, 0) is 72.5 Å². The Kier molecular flexibility index (Phi) is 11.4. The van der Waals surface area contributed by atoms with Crippen LogP contribution in [0.25, 0.3) is 10.8 Å². The van der Waals surface area contributed by atoms with Crippen molar-refractivity contribution in [3.63, 3.8) is 0 Å². The highest BCUT2D eigenvalue weighted by atomic mass is 16.2. The largest absolute Gasteiger partial charge is 0.354 e. The van der Waals surface area contributed by atoms with E-state index in [-0.39, 0.29) is 17.7 Å². The van der Waals surface area contributed by atoms with Crippen molar-refractivity contribution >= 4 is 28.5 Å². The SMILES string of the molecule is CN1CCCC1CCNC(=O)[C@@H](Cc1ccccc1)N(C)C(=O)[C@@H](Cc1ccc2ccccc2c1)N(C)C(=O)c1cccc(CN)c1. The Morgan fingerprint density at radius 3 is 2.23 bits per heavy atom. The van der Waals surface area contributed by atoms with Crippen LogP contribution in [0.3, 0.4) is 0 Å². The van der Waals surface area contributed by atoms with E-state index in [1.54, 1.807) is 32.3 Å². The number of nitrogens with one attached hydrogen (secondary N) is 1. The fourth-order valence-electron chi connectivity index (χ4n) is 6.61. The number of nitrogens with two attached hydrogens (primary N) is 1. The molecule has 1 heterocycles. The Hall–Kier alpha value is -4.53. The first-order chi connectivity index (χ1) is 22.7. The van der Waals surface area contributed by atoms with E-state index in [0.717, 1.165) is 46.8 Å². The number of carbonyl (C=O) groups is 3. The number of likely N-dealkylation sites (tertiary alicyclic amines) is 1. The minimum atomic E-state index is -0.853. The second-order valence-electron chi connectivity index (χ2n) is 12.7. The van der Waals surface area contributed by atoms with Gasteiger partial charge in [0.25, 0.3) is 5.91 Å². The van der Waals surface area contributed by atoms with E-state index < -0.39 is 12.1 Å². The molecule has 4 aromatic carbocycles. The summed E-state index contributed by atoms with van der Waals surface area (Å²) in [5, 5.41) is 5.29. The predicted molar refractivity (Wildman–Crippen MR) is 188 cm³/mol. The molecule has 0 bridgehead atoms. The monoisotopic (exact) mass is 633 g/mol. The zero-order valence-corrected chi connectivity index (χ0v) is 27.8. The standard InChI is InChI=1S/C39H47N5O3/c1-42-22-10-17-34(42)20-21-41-37(45)35(25-28-11-5-4-6-12-28)43(2)39(47)36(26-29-18-19-31-14-7-8-15-32(31)23-29)44(3)38(46)33-16-9-13-30(24-33)27-40/h4-9,11-16,18-19,23-24,34-36H,10,17,20-22,25-27,40H2,1-3H3,(H,41,45)/t34?,35-,36-/m1/s1. The van der Waals surface area contributed by atoms with Gasteiger partial charge in [-0.1, -0.05) is 84.9 Å². The van der Waals surface area contributed by atoms with Gasteiger partial charge in [-0.25, -0.2) is 0 Å². The number of fused-ring (bicyclic) bond motifs is 1. The first-order valence-corrected chi connectivity index (χ1v) is 16.6. The fourth-order valence-corrected chi connectivity index (χ4v) is 6.61. The maximum Gasteiger partial charge on any atom is 0.254 e. The molecule has 1 aliphatic heterocycles. The van der Waals surface area contributed by atoms with Gasteiger partial charge in [0.2, 0.25) is 11.8 Å². The van der Waals surface area contributed by atoms with Crippen molar-refractivity contribution in [1.29, 1.82) is 0 Å². The van der Waals surface area contributed by atoms with Crippen molar-refractivity contribution in [3.05, 3.63) is 119 Å². The van der Waals surface area contributed by atoms with Crippen LogP contribution in [0.5, 0.6) is 0 Å². The zero-order chi connectivity index (χ0) is 33.3. The molecule has 1 fully saturated rings. The molecule has 3 N–H and O–H groups in total. The lowest BCUT2D eigenvalue weighted by Gasteiger charge is -2.35. The van der Waals surface area contributed by atoms with E-state index in [1.165, 1.54) is 16.2 Å². The quantitative estimate of drug-likeness (QED) is 0.223. The molecule has 5 rings (SSSR count). The first-order valence-electron chi connectivity index (χ1n) is 16.6. The highest BCUT2D eigenvalue weighted by molar-refractivity contribution is 5.98. The Labute approximate surface area is 278 Å². The summed E-state index contributed by atoms with van der Waals surface area (Å²) in [5.74, 6) is -0.771. The second-order valence-corrected chi connectivity index (χ2v) is 12.7. The molecule has 1 unspecified atom stereocenters. The molecule has 4 aromatic rings. The van der Waals surface area contributed by atoms with Crippen molar-refractivity contribution in [1.82, 2.24) is 20.0 Å². The minimum Gasteiger partial charge on any atom is -0.354 e. The van der Waals surface area contributed by atoms with Gasteiger partial charge in [0.05, 0.1) is 0 Å². The summed E-state index contributed by atoms with van der Waals surface area (Å²) in [6.45, 7) is 1.92. The Balaban J connectivity index is 1.43. The number of carbonyl (C=O) groups excluding carboxylic acids is 3. The van der Waals surface area contributed by atoms with Crippen molar-refractivity contribution in [3.8, 4) is 0 Å². The topological polar surface area (TPSA) is 99.0 Å². The second kappa shape index (κ2) is 15.8. The summed E-state index contributed by atoms with van der Waals surface area (Å²) < 4.78 is 0. The maximum atomic E-state index is 14.6. The number of likely N-dealkylation sites (N-methyl/N-ethyl adjacent to an activating group) is 2. The van der Waals surface area contributed by atoms with Gasteiger partial charge in [-0.15, -0.1) is 0 Å². The normalized spacial score (nSPS) is 16.0. The van der Waals surface area contributed by atoms with Crippen LogP contribution < -0.4 is 11.1 Å². The van der Waals surface area contributed by atoms with Gasteiger partial charge >= 0.3 is 0 Å². The van der Waals surface area contributed by atoms with E-state index in [1.807, 2.05) is 72.8 Å². The highest BCUT2D eigenvalue weighted by Gasteiger charge is 2.35. The van der Waals surface area contributed by atoms with Crippen LogP contribution in [0.4, 0.5) is 0 Å². The fraction of sp³-hybridized carbons (Fsp3) is 0.359. The van der Waals surface area contributed by atoms with Crippen LogP contribution in [-0.2, 0) is 29.0 Å². The average Bonchev–Trinajstić information content (AvgIpc) is 3.52. The van der Waals surface area contributed by atoms with Gasteiger partial charge in [0, 0.05) is 51.6 Å². The molecule has 0 spiro atoms. The third kappa shape index (κ3) is 8.44. The van der Waals surface area contributed by atoms with Gasteiger partial charge in [-0.2, -0.15) is 0 Å². The molecule has 1 saturated heterocycles. The molecule has 0 saturated carbocycles. The Bertz CT molecular complexity index is 1680. The van der Waals surface area contributed by atoms with Crippen molar-refractivity contribution in [2.45, 2.75) is 56.8 Å². The van der Waals surface area contributed by atoms with E-state index >= 15 is 0 Å². The molecule has 3 amide bonds. The molecule has 8 nitrogen and oxygen atoms in total. The lowest BCUT2D eigenvalue weighted by Crippen LogP contribution is -2.56. The summed E-state index contributed by atoms with van der Waals surface area (Å²) in [4.78, 5) is 47.8. The molecule has 1 aliphatic rings. The molecule has 0 aliphatic carbocycles. The molecule has 0 aromatic heterocycles. The van der Waals surface area contributed by atoms with Crippen LogP contribution >= 0.6 is 0 Å². The number of nitrogens with zero attached hydrogens (tertiary/aromatic N) is 3. The van der Waals surface area contributed by atoms with Crippen LogP contribution in [-0.4, -0.2) is 84.8 Å². The van der Waals surface area contributed by atoms with Crippen LogP contribution in [0.15, 0.2) is 97.1 Å². The number of hydrogen-bond acceptors (Lipinski definition) is 5. The summed E-state index contributed by atoms with van der Waals surface area (Å²) in [6.07, 6.45) is 3.81. The molecular weight excluding hydrogens is 586 g/mol. The number of rotatable bonds is 13. The van der Waals surface area contributed by atoms with Crippen molar-refractivity contribution in [2.75, 3.05) is 34.2 Å². The summed E-state index contributed by atoms with van der Waals surface area (Å²) in [5.41, 5.74) is 9.05.